The molecule has 5 rings (SSSR count). The summed E-state index contributed by atoms with van der Waals surface area (Å²) in [6, 6.07) is 16.1. The largest absolute Gasteiger partial charge is 0.449 e. The first-order valence-corrected chi connectivity index (χ1v) is 11.4. The minimum atomic E-state index is -0.702. The van der Waals surface area contributed by atoms with Crippen LogP contribution in [0, 0.1) is 35.3 Å². The number of rotatable bonds is 4. The van der Waals surface area contributed by atoms with Gasteiger partial charge in [-0.15, -0.1) is 0 Å². The van der Waals surface area contributed by atoms with Gasteiger partial charge in [-0.25, -0.2) is 4.79 Å². The topological polar surface area (TPSA) is 142 Å². The number of ether oxygens (including phenoxy) is 2. The Balaban J connectivity index is 1.48. The van der Waals surface area contributed by atoms with Gasteiger partial charge in [0.05, 0.1) is 10.8 Å². The van der Waals surface area contributed by atoms with Crippen molar-refractivity contribution in [1.29, 1.82) is 5.26 Å². The first kappa shape index (κ1) is 23.9. The number of aryl methyl sites for hydroxylation is 2. The highest BCUT2D eigenvalue weighted by molar-refractivity contribution is 6.32. The van der Waals surface area contributed by atoms with Crippen molar-refractivity contribution in [3.8, 4) is 17.6 Å². The van der Waals surface area contributed by atoms with Crippen LogP contribution in [0.25, 0.3) is 11.0 Å². The third-order valence-electron chi connectivity index (χ3n) is 6.24. The number of nitrogens with two attached hydrogens (primary N) is 1. The standard InChI is InChI=1S/C27H18ClN3O6/c1-13-9-22-19(11-21(13)28)14(2)25(36-22)27(32)35-17-7-8-18-23(10-17)37-26(30)20(12-29)24(18)15-3-5-16(6-4-15)31(33)34/h3-11,24H,30H2,1-2H3. The van der Waals surface area contributed by atoms with Crippen molar-refractivity contribution < 1.29 is 23.6 Å². The molecule has 3 aromatic carbocycles. The fourth-order valence-electron chi connectivity index (χ4n) is 4.32. The molecule has 1 aliphatic rings. The van der Waals surface area contributed by atoms with Gasteiger partial charge in [-0.2, -0.15) is 5.26 Å². The monoisotopic (exact) mass is 515 g/mol. The van der Waals surface area contributed by atoms with Crippen LogP contribution in [0.4, 0.5) is 5.69 Å². The van der Waals surface area contributed by atoms with Gasteiger partial charge in [-0.3, -0.25) is 10.1 Å². The fraction of sp³-hybridized carbons (Fsp3) is 0.111. The van der Waals surface area contributed by atoms with E-state index in [1.54, 1.807) is 43.3 Å². The van der Waals surface area contributed by atoms with Crippen LogP contribution in [0.5, 0.6) is 11.5 Å². The van der Waals surface area contributed by atoms with Crippen molar-refractivity contribution >= 4 is 34.2 Å². The number of nitro benzene ring substituents is 1. The van der Waals surface area contributed by atoms with E-state index in [1.165, 1.54) is 18.2 Å². The number of nitro groups is 1. The maximum absolute atomic E-state index is 13.0. The van der Waals surface area contributed by atoms with Gasteiger partial charge in [-0.1, -0.05) is 29.8 Å². The Hall–Kier alpha value is -4.81. The van der Waals surface area contributed by atoms with E-state index in [0.29, 0.717) is 32.7 Å². The lowest BCUT2D eigenvalue weighted by Gasteiger charge is -2.26. The Kier molecular flexibility index (Phi) is 5.82. The van der Waals surface area contributed by atoms with Crippen molar-refractivity contribution in [2.45, 2.75) is 19.8 Å². The summed E-state index contributed by atoms with van der Waals surface area (Å²) in [5, 5.41) is 22.0. The lowest BCUT2D eigenvalue weighted by Crippen LogP contribution is -2.21. The SMILES string of the molecule is Cc1cc2oc(C(=O)Oc3ccc4c(c3)OC(N)=C(C#N)C4c3ccc([N+](=O)[O-])cc3)c(C)c2cc1Cl. The molecule has 0 radical (unpaired) electrons. The Labute approximate surface area is 215 Å². The van der Waals surface area contributed by atoms with Crippen LogP contribution >= 0.6 is 11.6 Å². The van der Waals surface area contributed by atoms with Crippen LogP contribution in [0.3, 0.4) is 0 Å². The van der Waals surface area contributed by atoms with Crippen molar-refractivity contribution in [1.82, 2.24) is 0 Å². The highest BCUT2D eigenvalue weighted by Crippen LogP contribution is 2.44. The molecule has 0 saturated heterocycles. The number of furan rings is 1. The number of nitrogens with zero attached hydrogens (tertiary/aromatic N) is 2. The van der Waals surface area contributed by atoms with Crippen molar-refractivity contribution in [3.05, 3.63) is 109 Å². The van der Waals surface area contributed by atoms with Gasteiger partial charge in [0.1, 0.15) is 28.7 Å². The van der Waals surface area contributed by atoms with Crippen LogP contribution < -0.4 is 15.2 Å². The van der Waals surface area contributed by atoms with Crippen molar-refractivity contribution in [2.24, 2.45) is 5.73 Å². The first-order chi connectivity index (χ1) is 17.7. The molecule has 0 amide bonds. The molecule has 2 heterocycles. The summed E-state index contributed by atoms with van der Waals surface area (Å²) in [5.74, 6) is -0.925. The van der Waals surface area contributed by atoms with E-state index in [-0.39, 0.29) is 34.4 Å². The molecule has 1 aliphatic heterocycles. The molecule has 1 atom stereocenters. The lowest BCUT2D eigenvalue weighted by molar-refractivity contribution is -0.384. The predicted molar refractivity (Wildman–Crippen MR) is 134 cm³/mol. The van der Waals surface area contributed by atoms with Crippen LogP contribution in [0.15, 0.2) is 70.5 Å². The van der Waals surface area contributed by atoms with Gasteiger partial charge in [0.25, 0.3) is 5.69 Å². The zero-order chi connectivity index (χ0) is 26.4. The zero-order valence-corrected chi connectivity index (χ0v) is 20.3. The van der Waals surface area contributed by atoms with Crippen molar-refractivity contribution in [2.75, 3.05) is 0 Å². The average Bonchev–Trinajstić information content (AvgIpc) is 3.18. The van der Waals surface area contributed by atoms with Gasteiger partial charge in [-0.05, 0) is 43.2 Å². The Morgan fingerprint density at radius 3 is 2.57 bits per heavy atom. The quantitative estimate of drug-likeness (QED) is 0.150. The molecule has 1 unspecified atom stereocenters. The fourth-order valence-corrected chi connectivity index (χ4v) is 4.48. The Bertz CT molecular complexity index is 1680. The van der Waals surface area contributed by atoms with Gasteiger partial charge in [0, 0.05) is 39.7 Å². The second-order valence-corrected chi connectivity index (χ2v) is 8.92. The van der Waals surface area contributed by atoms with E-state index < -0.39 is 16.8 Å². The van der Waals surface area contributed by atoms with E-state index in [2.05, 4.69) is 6.07 Å². The minimum absolute atomic E-state index is 0.0465. The minimum Gasteiger partial charge on any atom is -0.449 e. The number of allylic oxidation sites excluding steroid dienone is 1. The van der Waals surface area contributed by atoms with Crippen molar-refractivity contribution in [3.63, 3.8) is 0 Å². The normalized spacial score (nSPS) is 14.6. The molecule has 0 spiro atoms. The number of esters is 1. The molecule has 37 heavy (non-hydrogen) atoms. The smallest absolute Gasteiger partial charge is 0.379 e. The predicted octanol–water partition coefficient (Wildman–Crippen LogP) is 6.05. The van der Waals surface area contributed by atoms with Gasteiger partial charge in [0.2, 0.25) is 11.6 Å². The molecule has 1 aromatic heterocycles. The molecule has 10 heteroatoms. The number of non-ortho nitro benzene ring substituents is 1. The Morgan fingerprint density at radius 2 is 1.89 bits per heavy atom. The number of benzene rings is 3. The molecule has 0 aliphatic carbocycles. The summed E-state index contributed by atoms with van der Waals surface area (Å²) < 4.78 is 17.0. The van der Waals surface area contributed by atoms with E-state index in [9.17, 15) is 20.2 Å². The number of nitriles is 1. The third-order valence-corrected chi connectivity index (χ3v) is 6.65. The molecule has 4 aromatic rings. The van der Waals surface area contributed by atoms with Crippen LogP contribution in [-0.4, -0.2) is 10.9 Å². The highest BCUT2D eigenvalue weighted by Gasteiger charge is 2.31. The lowest BCUT2D eigenvalue weighted by atomic mass is 9.83. The van der Waals surface area contributed by atoms with E-state index >= 15 is 0 Å². The van der Waals surface area contributed by atoms with Crippen LogP contribution in [0.1, 0.15) is 38.7 Å². The number of fused-ring (bicyclic) bond motifs is 2. The zero-order valence-electron chi connectivity index (χ0n) is 19.6. The molecule has 9 nitrogen and oxygen atoms in total. The second kappa shape index (κ2) is 9.00. The summed E-state index contributed by atoms with van der Waals surface area (Å²) in [5.41, 5.74) is 9.26. The van der Waals surface area contributed by atoms with Crippen LogP contribution in [-0.2, 0) is 0 Å². The maximum atomic E-state index is 13.0. The van der Waals surface area contributed by atoms with Gasteiger partial charge in [0.15, 0.2) is 0 Å². The molecular formula is C27H18ClN3O6. The molecule has 2 N–H and O–H groups in total. The summed E-state index contributed by atoms with van der Waals surface area (Å²) in [6.45, 7) is 3.58. The summed E-state index contributed by atoms with van der Waals surface area (Å²) in [7, 11) is 0. The third kappa shape index (κ3) is 4.13. The Morgan fingerprint density at radius 1 is 1.16 bits per heavy atom. The summed E-state index contributed by atoms with van der Waals surface area (Å²) >= 11 is 6.22. The highest BCUT2D eigenvalue weighted by atomic mass is 35.5. The number of carbonyl (C=O) groups is 1. The molecule has 0 saturated carbocycles. The van der Waals surface area contributed by atoms with E-state index in [1.807, 2.05) is 6.92 Å². The van der Waals surface area contributed by atoms with E-state index in [4.69, 9.17) is 31.2 Å². The van der Waals surface area contributed by atoms with Gasteiger partial charge < -0.3 is 19.6 Å². The molecule has 184 valence electrons. The molecule has 0 fully saturated rings. The van der Waals surface area contributed by atoms with E-state index in [0.717, 1.165) is 5.56 Å². The summed E-state index contributed by atoms with van der Waals surface area (Å²) in [4.78, 5) is 23.5. The van der Waals surface area contributed by atoms with Gasteiger partial charge >= 0.3 is 5.97 Å². The number of carbonyl (C=O) groups excluding carboxylic acids is 1. The number of hydrogen-bond donors (Lipinski definition) is 1. The molecule has 0 bridgehead atoms. The van der Waals surface area contributed by atoms with Crippen LogP contribution in [0.2, 0.25) is 5.02 Å². The number of hydrogen-bond acceptors (Lipinski definition) is 8. The first-order valence-electron chi connectivity index (χ1n) is 11.0. The second-order valence-electron chi connectivity index (χ2n) is 8.52. The number of halogens is 1. The average molecular weight is 516 g/mol. The maximum Gasteiger partial charge on any atom is 0.379 e. The summed E-state index contributed by atoms with van der Waals surface area (Å²) in [6.07, 6.45) is 0. The molecular weight excluding hydrogens is 498 g/mol.